The Balaban J connectivity index is 5.26. The first-order chi connectivity index (χ1) is 7.49. The summed E-state index contributed by atoms with van der Waals surface area (Å²) in [7, 11) is 0. The molecular formula is C9H13F7O. The van der Waals surface area contributed by atoms with Gasteiger partial charge in [-0.1, -0.05) is 13.8 Å². The van der Waals surface area contributed by atoms with Crippen LogP contribution in [0.4, 0.5) is 30.7 Å². The maximum atomic E-state index is 13.7. The zero-order valence-electron chi connectivity index (χ0n) is 9.25. The molecule has 0 saturated carbocycles. The summed E-state index contributed by atoms with van der Waals surface area (Å²) in [6, 6.07) is 0. The number of rotatable bonds is 5. The lowest BCUT2D eigenvalue weighted by Gasteiger charge is -2.35. The van der Waals surface area contributed by atoms with Crippen molar-refractivity contribution in [1.29, 1.82) is 0 Å². The third-order valence-electron chi connectivity index (χ3n) is 2.11. The lowest BCUT2D eigenvalue weighted by Crippen LogP contribution is -2.52. The molecule has 8 heteroatoms. The van der Waals surface area contributed by atoms with Gasteiger partial charge in [0.15, 0.2) is 0 Å². The molecule has 0 spiro atoms. The van der Waals surface area contributed by atoms with Gasteiger partial charge in [0.25, 0.3) is 0 Å². The fraction of sp³-hybridized carbons (Fsp3) is 1.00. The molecule has 0 aromatic heterocycles. The minimum Gasteiger partial charge on any atom is -0.345 e. The molecule has 1 nitrogen and oxygen atoms in total. The zero-order valence-corrected chi connectivity index (χ0v) is 9.25. The molecular weight excluding hydrogens is 257 g/mol. The van der Waals surface area contributed by atoms with Crippen molar-refractivity contribution in [2.75, 3.05) is 6.61 Å². The second kappa shape index (κ2) is 5.41. The summed E-state index contributed by atoms with van der Waals surface area (Å²) in [5.41, 5.74) is 0. The molecule has 0 N–H and O–H groups in total. The van der Waals surface area contributed by atoms with Crippen LogP contribution >= 0.6 is 0 Å². The molecule has 0 rings (SSSR count). The normalized spacial score (nSPS) is 17.3. The van der Waals surface area contributed by atoms with Crippen molar-refractivity contribution in [3.05, 3.63) is 0 Å². The Labute approximate surface area is 93.9 Å². The molecule has 104 valence electrons. The van der Waals surface area contributed by atoms with Gasteiger partial charge < -0.3 is 4.74 Å². The van der Waals surface area contributed by atoms with Gasteiger partial charge in [-0.25, -0.2) is 4.39 Å². The summed E-state index contributed by atoms with van der Waals surface area (Å²) >= 11 is 0. The summed E-state index contributed by atoms with van der Waals surface area (Å²) in [4.78, 5) is 0. The Bertz CT molecular complexity index is 220. The summed E-state index contributed by atoms with van der Waals surface area (Å²) in [5.74, 6) is -7.90. The van der Waals surface area contributed by atoms with Gasteiger partial charge >= 0.3 is 12.4 Å². The van der Waals surface area contributed by atoms with Gasteiger partial charge in [0.2, 0.25) is 11.8 Å². The smallest absolute Gasteiger partial charge is 0.345 e. The Kier molecular flexibility index (Phi) is 5.24. The molecule has 0 aromatic rings. The van der Waals surface area contributed by atoms with Crippen molar-refractivity contribution in [1.82, 2.24) is 0 Å². The predicted molar refractivity (Wildman–Crippen MR) is 46.0 cm³/mol. The van der Waals surface area contributed by atoms with E-state index >= 15 is 0 Å². The average molecular weight is 270 g/mol. The highest BCUT2D eigenvalue weighted by Crippen LogP contribution is 2.49. The van der Waals surface area contributed by atoms with Crippen molar-refractivity contribution in [3.8, 4) is 0 Å². The minimum absolute atomic E-state index is 0.119. The molecule has 0 saturated heterocycles. The van der Waals surface area contributed by atoms with Crippen LogP contribution in [0.2, 0.25) is 0 Å². The first-order valence-corrected chi connectivity index (χ1v) is 4.95. The largest absolute Gasteiger partial charge is 0.406 e. The molecule has 0 bridgehead atoms. The second-order valence-electron chi connectivity index (χ2n) is 3.50. The Morgan fingerprint density at radius 3 is 1.53 bits per heavy atom. The van der Waals surface area contributed by atoms with Crippen molar-refractivity contribution in [2.45, 2.75) is 44.9 Å². The molecule has 0 aliphatic rings. The first-order valence-electron chi connectivity index (χ1n) is 4.95. The molecule has 1 unspecified atom stereocenters. The van der Waals surface area contributed by atoms with E-state index in [1.807, 2.05) is 0 Å². The number of halogens is 7. The molecule has 1 atom stereocenters. The van der Waals surface area contributed by atoms with E-state index in [0.29, 0.717) is 0 Å². The van der Waals surface area contributed by atoms with E-state index in [0.717, 1.165) is 6.92 Å². The van der Waals surface area contributed by atoms with E-state index in [9.17, 15) is 30.7 Å². The third-order valence-corrected chi connectivity index (χ3v) is 2.11. The molecule has 0 radical (unpaired) electrons. The van der Waals surface area contributed by atoms with Crippen molar-refractivity contribution < 1.29 is 35.5 Å². The van der Waals surface area contributed by atoms with Gasteiger partial charge in [0.05, 0.1) is 6.61 Å². The number of alkyl halides is 7. The fourth-order valence-electron chi connectivity index (χ4n) is 1.34. The SMILES string of the molecule is CCCOC(F)(CC)C(C(F)(F)F)C(F)(F)F. The van der Waals surface area contributed by atoms with E-state index in [2.05, 4.69) is 4.74 Å². The van der Waals surface area contributed by atoms with E-state index in [4.69, 9.17) is 0 Å². The highest BCUT2D eigenvalue weighted by molar-refractivity contribution is 4.88. The van der Waals surface area contributed by atoms with Crippen LogP contribution in [0.25, 0.3) is 0 Å². The highest BCUT2D eigenvalue weighted by Gasteiger charge is 2.67. The number of hydrogen-bond acceptors (Lipinski definition) is 1. The van der Waals surface area contributed by atoms with E-state index in [-0.39, 0.29) is 6.42 Å². The van der Waals surface area contributed by atoms with Crippen LogP contribution in [0, 0.1) is 5.92 Å². The van der Waals surface area contributed by atoms with Crippen molar-refractivity contribution in [3.63, 3.8) is 0 Å². The summed E-state index contributed by atoms with van der Waals surface area (Å²) < 4.78 is 91.6. The van der Waals surface area contributed by atoms with Gasteiger partial charge in [-0.15, -0.1) is 0 Å². The summed E-state index contributed by atoms with van der Waals surface area (Å²) in [6.45, 7) is 1.82. The molecule has 0 amide bonds. The van der Waals surface area contributed by atoms with E-state index < -0.39 is 37.2 Å². The van der Waals surface area contributed by atoms with E-state index in [1.54, 1.807) is 0 Å². The Hall–Kier alpha value is -0.530. The summed E-state index contributed by atoms with van der Waals surface area (Å²) in [6.07, 6.45) is -12.4. The van der Waals surface area contributed by atoms with Gasteiger partial charge in [0, 0.05) is 6.42 Å². The average Bonchev–Trinajstić information content (AvgIpc) is 2.10. The Morgan fingerprint density at radius 2 is 1.29 bits per heavy atom. The van der Waals surface area contributed by atoms with Crippen LogP contribution in [0.1, 0.15) is 26.7 Å². The van der Waals surface area contributed by atoms with Crippen LogP contribution in [0.15, 0.2) is 0 Å². The fourth-order valence-corrected chi connectivity index (χ4v) is 1.34. The first kappa shape index (κ1) is 16.5. The maximum Gasteiger partial charge on any atom is 0.406 e. The van der Waals surface area contributed by atoms with Gasteiger partial charge in [-0.05, 0) is 6.42 Å². The molecule has 17 heavy (non-hydrogen) atoms. The van der Waals surface area contributed by atoms with Crippen LogP contribution in [-0.2, 0) is 4.74 Å². The monoisotopic (exact) mass is 270 g/mol. The van der Waals surface area contributed by atoms with Crippen LogP contribution in [-0.4, -0.2) is 24.8 Å². The third kappa shape index (κ3) is 4.33. The van der Waals surface area contributed by atoms with E-state index in [1.165, 1.54) is 6.92 Å². The maximum absolute atomic E-state index is 13.7. The van der Waals surface area contributed by atoms with Crippen molar-refractivity contribution in [2.24, 2.45) is 5.92 Å². The van der Waals surface area contributed by atoms with Crippen LogP contribution in [0.3, 0.4) is 0 Å². The molecule has 0 aromatic carbocycles. The highest BCUT2D eigenvalue weighted by atomic mass is 19.4. The molecule has 0 heterocycles. The van der Waals surface area contributed by atoms with Crippen molar-refractivity contribution >= 4 is 0 Å². The van der Waals surface area contributed by atoms with Crippen LogP contribution in [0.5, 0.6) is 0 Å². The van der Waals surface area contributed by atoms with Gasteiger partial charge in [-0.2, -0.15) is 26.3 Å². The molecule has 0 fully saturated rings. The lowest BCUT2D eigenvalue weighted by atomic mass is 9.96. The number of ether oxygens (including phenoxy) is 1. The quantitative estimate of drug-likeness (QED) is 0.679. The van der Waals surface area contributed by atoms with Crippen LogP contribution < -0.4 is 0 Å². The summed E-state index contributed by atoms with van der Waals surface area (Å²) in [5, 5.41) is 0. The Morgan fingerprint density at radius 1 is 0.882 bits per heavy atom. The zero-order chi connectivity index (χ0) is 13.9. The predicted octanol–water partition coefficient (Wildman–Crippen LogP) is 4.23. The lowest BCUT2D eigenvalue weighted by molar-refractivity contribution is -0.362. The minimum atomic E-state index is -5.74. The van der Waals surface area contributed by atoms with Gasteiger partial charge in [-0.3, -0.25) is 0 Å². The van der Waals surface area contributed by atoms with Gasteiger partial charge in [0.1, 0.15) is 0 Å². The molecule has 0 aliphatic heterocycles. The standard InChI is InChI=1S/C9H13F7O/c1-3-5-17-7(10,4-2)6(8(11,12)13)9(14,15)16/h6H,3-5H2,1-2H3. The molecule has 0 aliphatic carbocycles. The number of hydrogen-bond donors (Lipinski definition) is 0. The second-order valence-corrected chi connectivity index (χ2v) is 3.50. The topological polar surface area (TPSA) is 9.23 Å².